The summed E-state index contributed by atoms with van der Waals surface area (Å²) in [4.78, 5) is 20.3. The number of nitrogens with zero attached hydrogens (tertiary/aromatic N) is 3. The number of nitro groups is 1. The van der Waals surface area contributed by atoms with Gasteiger partial charge >= 0.3 is 0 Å². The van der Waals surface area contributed by atoms with Crippen LogP contribution >= 0.6 is 0 Å². The predicted octanol–water partition coefficient (Wildman–Crippen LogP) is 5.06. The van der Waals surface area contributed by atoms with Crippen molar-refractivity contribution in [3.63, 3.8) is 0 Å². The van der Waals surface area contributed by atoms with Crippen molar-refractivity contribution in [2.45, 2.75) is 18.1 Å². The van der Waals surface area contributed by atoms with Crippen molar-refractivity contribution >= 4 is 11.5 Å². The van der Waals surface area contributed by atoms with Crippen LogP contribution in [0, 0.1) is 10.1 Å². The number of hydrogen-bond donors (Lipinski definition) is 2. The summed E-state index contributed by atoms with van der Waals surface area (Å²) < 4.78 is 0. The van der Waals surface area contributed by atoms with E-state index in [0.717, 1.165) is 0 Å². The lowest BCUT2D eigenvalue weighted by molar-refractivity contribution is -0.385. The van der Waals surface area contributed by atoms with Gasteiger partial charge < -0.3 is 10.4 Å². The Kier molecular flexibility index (Phi) is 6.48. The molecular formula is C25H22N4O3. The molecule has 2 heterocycles. The first-order valence-corrected chi connectivity index (χ1v) is 10.2. The van der Waals surface area contributed by atoms with Crippen molar-refractivity contribution < 1.29 is 10.0 Å². The largest absolute Gasteiger partial charge is 0.388 e. The molecule has 0 fully saturated rings. The second-order valence-electron chi connectivity index (χ2n) is 7.29. The van der Waals surface area contributed by atoms with Crippen LogP contribution in [0.5, 0.6) is 0 Å². The van der Waals surface area contributed by atoms with Crippen LogP contribution in [0.25, 0.3) is 0 Å². The lowest BCUT2D eigenvalue weighted by Crippen LogP contribution is -2.26. The van der Waals surface area contributed by atoms with Crippen LogP contribution in [0.3, 0.4) is 0 Å². The van der Waals surface area contributed by atoms with Gasteiger partial charge in [0.25, 0.3) is 5.69 Å². The quantitative estimate of drug-likeness (QED) is 0.302. The standard InChI is InChI=1S/C25H22N4O3/c30-25(18-10-2-1-3-11-18)23(20-13-6-8-16-26-20)24(28-22-15-7-9-17-27-22)19-12-4-5-14-21(19)29(31)32/h1-17,23-25,30H,(H,27,28)/t23-,24+,25-/m0/s1. The molecule has 0 aliphatic rings. The van der Waals surface area contributed by atoms with E-state index in [1.807, 2.05) is 48.5 Å². The van der Waals surface area contributed by atoms with E-state index in [-0.39, 0.29) is 5.69 Å². The van der Waals surface area contributed by atoms with Crippen molar-refractivity contribution in [1.29, 1.82) is 0 Å². The highest BCUT2D eigenvalue weighted by atomic mass is 16.6. The molecule has 4 aromatic rings. The van der Waals surface area contributed by atoms with Crippen molar-refractivity contribution in [3.8, 4) is 0 Å². The number of aliphatic hydroxyl groups is 1. The smallest absolute Gasteiger partial charge is 0.274 e. The Bertz CT molecular complexity index is 1160. The lowest BCUT2D eigenvalue weighted by atomic mass is 9.82. The Hall–Kier alpha value is -4.10. The van der Waals surface area contributed by atoms with Gasteiger partial charge in [0.2, 0.25) is 0 Å². The number of nitrogens with one attached hydrogen (secondary N) is 1. The maximum atomic E-state index is 11.9. The second kappa shape index (κ2) is 9.80. The Morgan fingerprint density at radius 1 is 0.812 bits per heavy atom. The number of aromatic nitrogens is 2. The van der Waals surface area contributed by atoms with Gasteiger partial charge in [-0.3, -0.25) is 15.1 Å². The minimum absolute atomic E-state index is 0.0397. The average molecular weight is 426 g/mol. The summed E-state index contributed by atoms with van der Waals surface area (Å²) in [7, 11) is 0. The molecule has 7 nitrogen and oxygen atoms in total. The van der Waals surface area contributed by atoms with Crippen molar-refractivity contribution in [2.75, 3.05) is 5.32 Å². The van der Waals surface area contributed by atoms with Gasteiger partial charge in [-0.05, 0) is 29.8 Å². The predicted molar refractivity (Wildman–Crippen MR) is 122 cm³/mol. The molecule has 0 aliphatic heterocycles. The highest BCUT2D eigenvalue weighted by Crippen LogP contribution is 2.44. The molecule has 3 atom stereocenters. The summed E-state index contributed by atoms with van der Waals surface area (Å²) in [5.74, 6) is -0.0986. The average Bonchev–Trinajstić information content (AvgIpc) is 2.85. The third-order valence-corrected chi connectivity index (χ3v) is 5.31. The van der Waals surface area contributed by atoms with Crippen LogP contribution in [0.15, 0.2) is 103 Å². The topological polar surface area (TPSA) is 101 Å². The van der Waals surface area contributed by atoms with Gasteiger partial charge in [0, 0.05) is 24.2 Å². The first-order valence-electron chi connectivity index (χ1n) is 10.2. The molecule has 0 spiro atoms. The van der Waals surface area contributed by atoms with Crippen LogP contribution < -0.4 is 5.32 Å². The molecule has 0 saturated heterocycles. The molecule has 0 saturated carbocycles. The van der Waals surface area contributed by atoms with E-state index in [0.29, 0.717) is 22.6 Å². The van der Waals surface area contributed by atoms with Crippen LogP contribution in [-0.4, -0.2) is 20.0 Å². The zero-order chi connectivity index (χ0) is 22.3. The molecule has 0 aliphatic carbocycles. The molecule has 0 radical (unpaired) electrons. The summed E-state index contributed by atoms with van der Waals surface area (Å²) in [6.07, 6.45) is 2.31. The van der Waals surface area contributed by atoms with Gasteiger partial charge in [-0.25, -0.2) is 4.98 Å². The highest BCUT2D eigenvalue weighted by Gasteiger charge is 2.36. The van der Waals surface area contributed by atoms with Gasteiger partial charge in [0.05, 0.1) is 28.6 Å². The maximum Gasteiger partial charge on any atom is 0.274 e. The van der Waals surface area contributed by atoms with Crippen LogP contribution in [0.1, 0.15) is 34.9 Å². The molecule has 2 aromatic carbocycles. The highest BCUT2D eigenvalue weighted by molar-refractivity contribution is 5.49. The number of aliphatic hydroxyl groups excluding tert-OH is 1. The Morgan fingerprint density at radius 3 is 2.12 bits per heavy atom. The van der Waals surface area contributed by atoms with Crippen molar-refractivity contribution in [2.24, 2.45) is 0 Å². The Balaban J connectivity index is 1.89. The molecular weight excluding hydrogens is 404 g/mol. The molecule has 4 rings (SSSR count). The third-order valence-electron chi connectivity index (χ3n) is 5.31. The van der Waals surface area contributed by atoms with Crippen LogP contribution in [0.2, 0.25) is 0 Å². The molecule has 0 amide bonds. The number of nitro benzene ring substituents is 1. The Morgan fingerprint density at radius 2 is 1.47 bits per heavy atom. The molecule has 0 bridgehead atoms. The van der Waals surface area contributed by atoms with E-state index in [4.69, 9.17) is 0 Å². The number of pyridine rings is 2. The minimum atomic E-state index is -0.980. The number of rotatable bonds is 8. The van der Waals surface area contributed by atoms with Crippen LogP contribution in [0.4, 0.5) is 11.5 Å². The van der Waals surface area contributed by atoms with Gasteiger partial charge in [0.15, 0.2) is 0 Å². The second-order valence-corrected chi connectivity index (χ2v) is 7.29. The fraction of sp³-hybridized carbons (Fsp3) is 0.120. The number of anilines is 1. The fourth-order valence-electron chi connectivity index (χ4n) is 3.83. The summed E-state index contributed by atoms with van der Waals surface area (Å²) in [6.45, 7) is 0. The van der Waals surface area contributed by atoms with Crippen molar-refractivity contribution in [3.05, 3.63) is 130 Å². The van der Waals surface area contributed by atoms with E-state index < -0.39 is 23.0 Å². The van der Waals surface area contributed by atoms with Crippen LogP contribution in [-0.2, 0) is 0 Å². The molecule has 2 aromatic heterocycles. The molecule has 0 unspecified atom stereocenters. The van der Waals surface area contributed by atoms with Gasteiger partial charge in [-0.15, -0.1) is 0 Å². The normalized spacial score (nSPS) is 13.7. The van der Waals surface area contributed by atoms with E-state index in [9.17, 15) is 15.2 Å². The fourth-order valence-corrected chi connectivity index (χ4v) is 3.83. The van der Waals surface area contributed by atoms with E-state index >= 15 is 0 Å². The zero-order valence-corrected chi connectivity index (χ0v) is 17.2. The minimum Gasteiger partial charge on any atom is -0.388 e. The summed E-state index contributed by atoms with van der Waals surface area (Å²) in [5.41, 5.74) is 1.70. The van der Waals surface area contributed by atoms with Gasteiger partial charge in [0.1, 0.15) is 5.82 Å². The van der Waals surface area contributed by atoms with E-state index in [1.165, 1.54) is 6.07 Å². The van der Waals surface area contributed by atoms with E-state index in [2.05, 4.69) is 15.3 Å². The van der Waals surface area contributed by atoms with Crippen molar-refractivity contribution in [1.82, 2.24) is 9.97 Å². The van der Waals surface area contributed by atoms with Gasteiger partial charge in [-0.1, -0.05) is 60.7 Å². The van der Waals surface area contributed by atoms with E-state index in [1.54, 1.807) is 48.8 Å². The summed E-state index contributed by atoms with van der Waals surface area (Å²) in [6, 6.07) is 25.9. The maximum absolute atomic E-state index is 11.9. The third kappa shape index (κ3) is 4.63. The molecule has 32 heavy (non-hydrogen) atoms. The number of hydrogen-bond acceptors (Lipinski definition) is 6. The Labute approximate surface area is 185 Å². The molecule has 7 heteroatoms. The van der Waals surface area contributed by atoms with Gasteiger partial charge in [-0.2, -0.15) is 0 Å². The molecule has 160 valence electrons. The first kappa shape index (κ1) is 21.1. The zero-order valence-electron chi connectivity index (χ0n) is 17.2. The lowest BCUT2D eigenvalue weighted by Gasteiger charge is -2.32. The first-order chi connectivity index (χ1) is 15.6. The SMILES string of the molecule is O=[N+]([O-])c1ccccc1[C@@H](Nc1ccccn1)[C@H](c1ccccn1)[C@@H](O)c1ccccc1. The number of benzene rings is 2. The summed E-state index contributed by atoms with van der Waals surface area (Å²) in [5, 5.41) is 26.7. The molecule has 2 N–H and O–H groups in total. The number of para-hydroxylation sites is 1. The summed E-state index contributed by atoms with van der Waals surface area (Å²) >= 11 is 0. The monoisotopic (exact) mass is 426 g/mol.